The van der Waals surface area contributed by atoms with Gasteiger partial charge in [-0.3, -0.25) is 9.78 Å². The van der Waals surface area contributed by atoms with Crippen molar-refractivity contribution in [2.45, 2.75) is 37.8 Å². The number of aromatic nitrogens is 1. The van der Waals surface area contributed by atoms with Crippen LogP contribution >= 0.6 is 0 Å². The fourth-order valence-electron chi connectivity index (χ4n) is 3.12. The van der Waals surface area contributed by atoms with E-state index in [0.29, 0.717) is 5.56 Å². The Kier molecular flexibility index (Phi) is 4.24. The highest BCUT2D eigenvalue weighted by Gasteiger charge is 2.24. The predicted molar refractivity (Wildman–Crippen MR) is 86.0 cm³/mol. The van der Waals surface area contributed by atoms with Gasteiger partial charge in [0.05, 0.1) is 7.11 Å². The molecule has 5 heteroatoms. The summed E-state index contributed by atoms with van der Waals surface area (Å²) in [6, 6.07) is 5.55. The van der Waals surface area contributed by atoms with Gasteiger partial charge in [0.15, 0.2) is 0 Å². The fourth-order valence-corrected chi connectivity index (χ4v) is 3.12. The van der Waals surface area contributed by atoms with Gasteiger partial charge < -0.3 is 15.8 Å². The Balaban J connectivity index is 1.91. The van der Waals surface area contributed by atoms with Gasteiger partial charge in [-0.05, 0) is 31.0 Å². The molecule has 1 heterocycles. The first kappa shape index (κ1) is 14.8. The normalized spacial score (nSPS) is 21.5. The zero-order valence-corrected chi connectivity index (χ0v) is 12.7. The number of nitrogens with one attached hydrogen (secondary N) is 1. The molecule has 2 atom stereocenters. The van der Waals surface area contributed by atoms with Gasteiger partial charge in [-0.25, -0.2) is 0 Å². The van der Waals surface area contributed by atoms with Crippen molar-refractivity contribution in [2.24, 2.45) is 5.73 Å². The number of hydrogen-bond donors (Lipinski definition) is 2. The molecule has 0 bridgehead atoms. The zero-order valence-electron chi connectivity index (χ0n) is 12.7. The lowest BCUT2D eigenvalue weighted by Gasteiger charge is -2.29. The third kappa shape index (κ3) is 2.76. The van der Waals surface area contributed by atoms with E-state index in [4.69, 9.17) is 10.5 Å². The number of carbonyl (C=O) groups is 1. The second-order valence-corrected chi connectivity index (χ2v) is 5.76. The second-order valence-electron chi connectivity index (χ2n) is 5.76. The maximum Gasteiger partial charge on any atom is 0.252 e. The second kappa shape index (κ2) is 6.32. The average molecular weight is 299 g/mol. The number of benzene rings is 1. The van der Waals surface area contributed by atoms with Crippen molar-refractivity contribution in [3.8, 4) is 5.75 Å². The summed E-state index contributed by atoms with van der Waals surface area (Å²) in [6.07, 6.45) is 7.57. The molecule has 5 nitrogen and oxygen atoms in total. The molecule has 1 aromatic carbocycles. The van der Waals surface area contributed by atoms with Crippen LogP contribution in [0.15, 0.2) is 30.6 Å². The van der Waals surface area contributed by atoms with E-state index in [1.807, 2.05) is 12.1 Å². The maximum absolute atomic E-state index is 12.6. The molecule has 1 fully saturated rings. The van der Waals surface area contributed by atoms with Gasteiger partial charge in [0.2, 0.25) is 0 Å². The molecule has 0 spiro atoms. The number of methoxy groups -OCH3 is 1. The SMILES string of the molecule is COc1ccc(C(=O)N[C@@H]2CCCC[C@@H]2N)c2cnccc12. The van der Waals surface area contributed by atoms with Gasteiger partial charge in [-0.2, -0.15) is 0 Å². The van der Waals surface area contributed by atoms with E-state index >= 15 is 0 Å². The van der Waals surface area contributed by atoms with Crippen LogP contribution in [-0.2, 0) is 0 Å². The van der Waals surface area contributed by atoms with Crippen LogP contribution in [0.25, 0.3) is 10.8 Å². The number of pyridine rings is 1. The highest BCUT2D eigenvalue weighted by atomic mass is 16.5. The summed E-state index contributed by atoms with van der Waals surface area (Å²) in [6.45, 7) is 0. The van der Waals surface area contributed by atoms with Gasteiger partial charge in [0.25, 0.3) is 5.91 Å². The Morgan fingerprint density at radius 1 is 1.27 bits per heavy atom. The van der Waals surface area contributed by atoms with E-state index in [-0.39, 0.29) is 18.0 Å². The van der Waals surface area contributed by atoms with E-state index in [9.17, 15) is 4.79 Å². The van der Waals surface area contributed by atoms with E-state index in [1.165, 1.54) is 0 Å². The fraction of sp³-hybridized carbons (Fsp3) is 0.412. The van der Waals surface area contributed by atoms with E-state index in [1.54, 1.807) is 25.6 Å². The van der Waals surface area contributed by atoms with Crippen molar-refractivity contribution >= 4 is 16.7 Å². The number of nitrogens with two attached hydrogens (primary N) is 1. The predicted octanol–water partition coefficient (Wildman–Crippen LogP) is 2.24. The van der Waals surface area contributed by atoms with Crippen molar-refractivity contribution in [3.63, 3.8) is 0 Å². The monoisotopic (exact) mass is 299 g/mol. The van der Waals surface area contributed by atoms with Crippen molar-refractivity contribution in [1.29, 1.82) is 0 Å². The van der Waals surface area contributed by atoms with Crippen LogP contribution in [0.4, 0.5) is 0 Å². The number of carbonyl (C=O) groups excluding carboxylic acids is 1. The summed E-state index contributed by atoms with van der Waals surface area (Å²) >= 11 is 0. The smallest absolute Gasteiger partial charge is 0.252 e. The lowest BCUT2D eigenvalue weighted by Crippen LogP contribution is -2.49. The van der Waals surface area contributed by atoms with Crippen LogP contribution in [0, 0.1) is 0 Å². The Hall–Kier alpha value is -2.14. The summed E-state index contributed by atoms with van der Waals surface area (Å²) in [7, 11) is 1.62. The first-order valence-corrected chi connectivity index (χ1v) is 7.68. The molecule has 3 N–H and O–H groups in total. The van der Waals surface area contributed by atoms with Crippen LogP contribution in [0.5, 0.6) is 5.75 Å². The quantitative estimate of drug-likeness (QED) is 0.911. The van der Waals surface area contributed by atoms with Crippen LogP contribution in [-0.4, -0.2) is 30.1 Å². The van der Waals surface area contributed by atoms with Crippen LogP contribution in [0.3, 0.4) is 0 Å². The number of hydrogen-bond acceptors (Lipinski definition) is 4. The number of rotatable bonds is 3. The van der Waals surface area contributed by atoms with Gasteiger partial charge in [0.1, 0.15) is 5.75 Å². The van der Waals surface area contributed by atoms with Crippen LogP contribution in [0.1, 0.15) is 36.0 Å². The third-order valence-corrected chi connectivity index (χ3v) is 4.38. The number of fused-ring (bicyclic) bond motifs is 1. The molecule has 3 rings (SSSR count). The first-order valence-electron chi connectivity index (χ1n) is 7.68. The van der Waals surface area contributed by atoms with Gasteiger partial charge in [0, 0.05) is 40.8 Å². The zero-order chi connectivity index (χ0) is 15.5. The molecule has 0 unspecified atom stereocenters. The van der Waals surface area contributed by atoms with Crippen LogP contribution in [0.2, 0.25) is 0 Å². The lowest BCUT2D eigenvalue weighted by molar-refractivity contribution is 0.0923. The molecule has 0 radical (unpaired) electrons. The molecule has 2 aromatic rings. The molecular formula is C17H21N3O2. The Morgan fingerprint density at radius 2 is 2.09 bits per heavy atom. The minimum atomic E-state index is -0.0944. The molecular weight excluding hydrogens is 278 g/mol. The highest BCUT2D eigenvalue weighted by molar-refractivity contribution is 6.08. The van der Waals surface area contributed by atoms with Crippen molar-refractivity contribution in [3.05, 3.63) is 36.2 Å². The summed E-state index contributed by atoms with van der Waals surface area (Å²) < 4.78 is 5.35. The summed E-state index contributed by atoms with van der Waals surface area (Å²) in [5.74, 6) is 0.645. The molecule has 1 aliphatic carbocycles. The Bertz CT molecular complexity index is 687. The molecule has 1 aromatic heterocycles. The molecule has 1 amide bonds. The Morgan fingerprint density at radius 3 is 2.86 bits per heavy atom. The lowest BCUT2D eigenvalue weighted by atomic mass is 9.90. The molecule has 1 aliphatic rings. The maximum atomic E-state index is 12.6. The molecule has 0 aliphatic heterocycles. The number of ether oxygens (including phenoxy) is 1. The molecule has 116 valence electrons. The van der Waals surface area contributed by atoms with E-state index in [0.717, 1.165) is 42.2 Å². The molecule has 1 saturated carbocycles. The van der Waals surface area contributed by atoms with E-state index in [2.05, 4.69) is 10.3 Å². The Labute approximate surface area is 129 Å². The summed E-state index contributed by atoms with van der Waals surface area (Å²) in [4.78, 5) is 16.8. The van der Waals surface area contributed by atoms with Crippen molar-refractivity contribution in [2.75, 3.05) is 7.11 Å². The topological polar surface area (TPSA) is 77.2 Å². The third-order valence-electron chi connectivity index (χ3n) is 4.38. The minimum absolute atomic E-state index is 0.0420. The average Bonchev–Trinajstić information content (AvgIpc) is 2.56. The van der Waals surface area contributed by atoms with Gasteiger partial charge in [-0.15, -0.1) is 0 Å². The van der Waals surface area contributed by atoms with Crippen molar-refractivity contribution < 1.29 is 9.53 Å². The highest BCUT2D eigenvalue weighted by Crippen LogP contribution is 2.28. The number of amides is 1. The summed E-state index contributed by atoms with van der Waals surface area (Å²) in [5, 5.41) is 4.76. The van der Waals surface area contributed by atoms with Gasteiger partial charge in [-0.1, -0.05) is 12.8 Å². The van der Waals surface area contributed by atoms with Crippen molar-refractivity contribution in [1.82, 2.24) is 10.3 Å². The summed E-state index contributed by atoms with van der Waals surface area (Å²) in [5.41, 5.74) is 6.73. The van der Waals surface area contributed by atoms with E-state index < -0.39 is 0 Å². The van der Waals surface area contributed by atoms with Gasteiger partial charge >= 0.3 is 0 Å². The largest absolute Gasteiger partial charge is 0.496 e. The minimum Gasteiger partial charge on any atom is -0.496 e. The first-order chi connectivity index (χ1) is 10.7. The standard InChI is InChI=1S/C17H21N3O2/c1-22-16-7-6-12(13-10-19-9-8-11(13)16)17(21)20-15-5-3-2-4-14(15)18/h6-10,14-15H,2-5,18H2,1H3,(H,20,21)/t14-,15+/m0/s1. The van der Waals surface area contributed by atoms with Crippen LogP contribution < -0.4 is 15.8 Å². The number of nitrogens with zero attached hydrogens (tertiary/aromatic N) is 1. The molecule has 0 saturated heterocycles. The molecule has 22 heavy (non-hydrogen) atoms.